The molecule has 2 aliphatic rings. The van der Waals surface area contributed by atoms with Crippen LogP contribution in [0.2, 0.25) is 5.02 Å². The molecule has 2 unspecified atom stereocenters. The molecule has 0 spiro atoms. The summed E-state index contributed by atoms with van der Waals surface area (Å²) in [6.45, 7) is 5.60. The van der Waals surface area contributed by atoms with Crippen molar-refractivity contribution >= 4 is 40.8 Å². The number of aryl methyl sites for hydroxylation is 2. The zero-order chi connectivity index (χ0) is 27.0. The number of aliphatic hydroxyl groups is 1. The van der Waals surface area contributed by atoms with Gasteiger partial charge in [-0.3, -0.25) is 14.8 Å². The lowest BCUT2D eigenvalue weighted by Gasteiger charge is -2.35. The number of likely N-dealkylation sites (tertiary alicyclic amines) is 2. The third kappa shape index (κ3) is 5.59. The fourth-order valence-electron chi connectivity index (χ4n) is 5.35. The molecule has 2 saturated heterocycles. The first-order valence-electron chi connectivity index (χ1n) is 12.7. The van der Waals surface area contributed by atoms with Crippen molar-refractivity contribution in [3.05, 3.63) is 52.1 Å². The molecule has 0 aliphatic carbocycles. The highest BCUT2D eigenvalue weighted by molar-refractivity contribution is 6.32. The summed E-state index contributed by atoms with van der Waals surface area (Å²) in [6, 6.07) is 4.88. The summed E-state index contributed by atoms with van der Waals surface area (Å²) in [4.78, 5) is 25.3. The number of halogens is 2. The maximum absolute atomic E-state index is 15.2. The molecule has 2 aliphatic heterocycles. The molecule has 1 amide bonds. The molecule has 202 valence electrons. The van der Waals surface area contributed by atoms with E-state index >= 15 is 4.39 Å². The number of aromatic amines is 1. The third-order valence-corrected chi connectivity index (χ3v) is 7.63. The lowest BCUT2D eigenvalue weighted by Crippen LogP contribution is -2.47. The third-order valence-electron chi connectivity index (χ3n) is 7.36. The number of rotatable bonds is 6. The van der Waals surface area contributed by atoms with E-state index in [2.05, 4.69) is 30.8 Å². The highest BCUT2D eigenvalue weighted by Gasteiger charge is 2.37. The number of carbonyl (C=O) groups excluding carboxylic acids is 1. The number of amides is 1. The number of aliphatic hydroxyl groups excluding tert-OH is 1. The van der Waals surface area contributed by atoms with Gasteiger partial charge in [-0.2, -0.15) is 10.1 Å². The summed E-state index contributed by atoms with van der Waals surface area (Å²) in [7, 11) is 1.87. The maximum atomic E-state index is 15.2. The number of carbonyl (C=O) groups is 1. The first-order chi connectivity index (χ1) is 18.2. The summed E-state index contributed by atoms with van der Waals surface area (Å²) >= 11 is 6.23. The van der Waals surface area contributed by atoms with Crippen LogP contribution in [0.3, 0.4) is 0 Å². The molecule has 2 fully saturated rings. The Kier molecular flexibility index (Phi) is 7.51. The molecule has 5 rings (SSSR count). The fraction of sp³-hybridized carbons (Fsp3) is 0.462. The van der Waals surface area contributed by atoms with E-state index in [1.165, 1.54) is 6.20 Å². The number of anilines is 4. The van der Waals surface area contributed by atoms with Gasteiger partial charge in [0.25, 0.3) is 0 Å². The lowest BCUT2D eigenvalue weighted by atomic mass is 9.86. The second kappa shape index (κ2) is 10.8. The van der Waals surface area contributed by atoms with Crippen molar-refractivity contribution in [2.24, 2.45) is 0 Å². The minimum absolute atomic E-state index is 0.0733. The van der Waals surface area contributed by atoms with E-state index in [1.807, 2.05) is 36.8 Å². The first kappa shape index (κ1) is 26.3. The minimum atomic E-state index is -0.453. The second-order valence-electron chi connectivity index (χ2n) is 10.2. The standard InChI is InChI=1S/C26H32ClFN8O2/c1-14-8-21(30-26-29-12-19(27)24(32-26)31-23-9-15(2)33-34-23)20(28)11-18(14)16-4-6-36(7-5-16)25(38)22-10-17(37)13-35(22)3/h8-9,11-12,16-17,22,37H,4-7,10,13H2,1-3H3,(H3,29,30,31,32,33,34). The number of hydrogen-bond acceptors (Lipinski definition) is 8. The molecule has 3 aromatic rings. The zero-order valence-corrected chi connectivity index (χ0v) is 22.4. The van der Waals surface area contributed by atoms with Gasteiger partial charge in [-0.05, 0) is 69.3 Å². The van der Waals surface area contributed by atoms with Crippen LogP contribution >= 0.6 is 11.6 Å². The molecule has 2 atom stereocenters. The number of nitrogens with one attached hydrogen (secondary N) is 3. The van der Waals surface area contributed by atoms with E-state index in [0.717, 1.165) is 29.7 Å². The Morgan fingerprint density at radius 2 is 1.97 bits per heavy atom. The Hall–Kier alpha value is -3.28. The summed E-state index contributed by atoms with van der Waals surface area (Å²) in [5.41, 5.74) is 3.05. The van der Waals surface area contributed by atoms with Crippen LogP contribution in [0, 0.1) is 19.7 Å². The van der Waals surface area contributed by atoms with Gasteiger partial charge in [0.05, 0.1) is 24.0 Å². The monoisotopic (exact) mass is 542 g/mol. The number of piperidine rings is 1. The zero-order valence-electron chi connectivity index (χ0n) is 21.6. The maximum Gasteiger partial charge on any atom is 0.240 e. The normalized spacial score (nSPS) is 20.6. The molecule has 4 N–H and O–H groups in total. The minimum Gasteiger partial charge on any atom is -0.392 e. The predicted octanol–water partition coefficient (Wildman–Crippen LogP) is 3.87. The average Bonchev–Trinajstić information content (AvgIpc) is 3.46. The summed E-state index contributed by atoms with van der Waals surface area (Å²) in [5, 5.41) is 23.1. The summed E-state index contributed by atoms with van der Waals surface area (Å²) in [5.74, 6) is 0.939. The quantitative estimate of drug-likeness (QED) is 0.370. The fourth-order valence-corrected chi connectivity index (χ4v) is 5.49. The van der Waals surface area contributed by atoms with E-state index in [-0.39, 0.29) is 29.5 Å². The Bertz CT molecular complexity index is 1330. The number of β-amino-alcohol motifs (C(OH)–C–C–N with tert-alkyl or cyclic N) is 1. The van der Waals surface area contributed by atoms with Crippen molar-refractivity contribution in [3.8, 4) is 0 Å². The highest BCUT2D eigenvalue weighted by atomic mass is 35.5. The Morgan fingerprint density at radius 3 is 2.63 bits per heavy atom. The summed E-state index contributed by atoms with van der Waals surface area (Å²) in [6.07, 6.45) is 2.99. The van der Waals surface area contributed by atoms with Gasteiger partial charge in [0.2, 0.25) is 11.9 Å². The van der Waals surface area contributed by atoms with Crippen molar-refractivity contribution < 1.29 is 14.3 Å². The smallest absolute Gasteiger partial charge is 0.240 e. The van der Waals surface area contributed by atoms with Crippen LogP contribution in [0.25, 0.3) is 0 Å². The largest absolute Gasteiger partial charge is 0.392 e. The van der Waals surface area contributed by atoms with E-state index in [0.29, 0.717) is 42.7 Å². The van der Waals surface area contributed by atoms with E-state index in [1.54, 1.807) is 12.1 Å². The second-order valence-corrected chi connectivity index (χ2v) is 10.6. The summed E-state index contributed by atoms with van der Waals surface area (Å²) < 4.78 is 15.2. The van der Waals surface area contributed by atoms with Crippen LogP contribution in [-0.2, 0) is 4.79 Å². The number of H-pyrrole nitrogens is 1. The van der Waals surface area contributed by atoms with E-state index in [4.69, 9.17) is 11.6 Å². The van der Waals surface area contributed by atoms with Gasteiger partial charge >= 0.3 is 0 Å². The number of hydrogen-bond donors (Lipinski definition) is 4. The molecule has 4 heterocycles. The molecular weight excluding hydrogens is 511 g/mol. The molecule has 1 aromatic carbocycles. The number of nitrogens with zero attached hydrogens (tertiary/aromatic N) is 5. The van der Waals surface area contributed by atoms with Gasteiger partial charge in [-0.25, -0.2) is 9.37 Å². The van der Waals surface area contributed by atoms with E-state index < -0.39 is 11.9 Å². The average molecular weight is 543 g/mol. The van der Waals surface area contributed by atoms with Gasteiger partial charge in [-0.15, -0.1) is 0 Å². The molecule has 0 bridgehead atoms. The lowest BCUT2D eigenvalue weighted by molar-refractivity contribution is -0.136. The highest BCUT2D eigenvalue weighted by Crippen LogP contribution is 2.34. The van der Waals surface area contributed by atoms with Crippen molar-refractivity contribution in [1.82, 2.24) is 30.0 Å². The van der Waals surface area contributed by atoms with Crippen LogP contribution in [-0.4, -0.2) is 79.8 Å². The van der Waals surface area contributed by atoms with E-state index in [9.17, 15) is 9.90 Å². The molecule has 0 radical (unpaired) electrons. The van der Waals surface area contributed by atoms with Crippen molar-refractivity contribution in [1.29, 1.82) is 0 Å². The molecule has 38 heavy (non-hydrogen) atoms. The van der Waals surface area contributed by atoms with Gasteiger partial charge in [0, 0.05) is 31.4 Å². The number of benzene rings is 1. The predicted molar refractivity (Wildman–Crippen MR) is 144 cm³/mol. The van der Waals surface area contributed by atoms with Crippen LogP contribution in [0.4, 0.5) is 27.7 Å². The van der Waals surface area contributed by atoms with Crippen molar-refractivity contribution in [2.75, 3.05) is 37.3 Å². The van der Waals surface area contributed by atoms with Crippen LogP contribution in [0.1, 0.15) is 42.0 Å². The molecule has 2 aromatic heterocycles. The SMILES string of the molecule is Cc1cc(Nc2nc(Nc3cc(C)c(C4CCN(C(=O)C5CC(O)CN5C)CC4)cc3F)ncc2Cl)n[nH]1. The number of aromatic nitrogens is 4. The molecule has 10 nitrogen and oxygen atoms in total. The van der Waals surface area contributed by atoms with Gasteiger partial charge in [0.15, 0.2) is 11.6 Å². The van der Waals surface area contributed by atoms with Crippen LogP contribution in [0.5, 0.6) is 0 Å². The molecule has 0 saturated carbocycles. The van der Waals surface area contributed by atoms with Crippen LogP contribution in [0.15, 0.2) is 24.4 Å². The molecule has 12 heteroatoms. The van der Waals surface area contributed by atoms with Gasteiger partial charge < -0.3 is 20.6 Å². The van der Waals surface area contributed by atoms with Crippen LogP contribution < -0.4 is 10.6 Å². The Morgan fingerprint density at radius 1 is 1.21 bits per heavy atom. The Balaban J connectivity index is 1.25. The van der Waals surface area contributed by atoms with Crippen molar-refractivity contribution in [2.45, 2.75) is 51.2 Å². The van der Waals surface area contributed by atoms with Crippen molar-refractivity contribution in [3.63, 3.8) is 0 Å². The molecular formula is C26H32ClFN8O2. The first-order valence-corrected chi connectivity index (χ1v) is 13.1. The Labute approximate surface area is 225 Å². The van der Waals surface area contributed by atoms with Gasteiger partial charge in [-0.1, -0.05) is 11.6 Å². The van der Waals surface area contributed by atoms with Gasteiger partial charge in [0.1, 0.15) is 10.8 Å². The number of likely N-dealkylation sites (N-methyl/N-ethyl adjacent to an activating group) is 1. The topological polar surface area (TPSA) is 122 Å².